The summed E-state index contributed by atoms with van der Waals surface area (Å²) in [5.74, 6) is 0.182. The van der Waals surface area contributed by atoms with Gasteiger partial charge in [0.05, 0.1) is 5.92 Å². The molecule has 1 aromatic carbocycles. The quantitative estimate of drug-likeness (QED) is 0.846. The second kappa shape index (κ2) is 8.65. The normalized spacial score (nSPS) is 19.1. The predicted molar refractivity (Wildman–Crippen MR) is 114 cm³/mol. The molecule has 2 fully saturated rings. The molecule has 0 spiro atoms. The molecule has 1 unspecified atom stereocenters. The summed E-state index contributed by atoms with van der Waals surface area (Å²) in [4.78, 5) is 45.6. The van der Waals surface area contributed by atoms with Gasteiger partial charge >= 0.3 is 0 Å². The fourth-order valence-corrected chi connectivity index (χ4v) is 4.12. The first-order chi connectivity index (χ1) is 14.5. The summed E-state index contributed by atoms with van der Waals surface area (Å²) in [5.41, 5.74) is 2.22. The van der Waals surface area contributed by atoms with E-state index in [4.69, 9.17) is 0 Å². The zero-order chi connectivity index (χ0) is 21.1. The summed E-state index contributed by atoms with van der Waals surface area (Å²) < 4.78 is 0. The van der Waals surface area contributed by atoms with Crippen LogP contribution in [0.4, 0.5) is 11.5 Å². The van der Waals surface area contributed by atoms with Crippen LogP contribution in [-0.4, -0.2) is 47.2 Å². The molecular weight excluding hydrogens is 380 g/mol. The lowest BCUT2D eigenvalue weighted by atomic mass is 9.96. The summed E-state index contributed by atoms with van der Waals surface area (Å²) in [7, 11) is 0. The molecule has 2 aliphatic rings. The third-order valence-electron chi connectivity index (χ3n) is 5.81. The van der Waals surface area contributed by atoms with Gasteiger partial charge in [-0.1, -0.05) is 12.1 Å². The number of carbonyl (C=O) groups is 3. The number of aryl methyl sites for hydroxylation is 1. The highest BCUT2D eigenvalue weighted by molar-refractivity contribution is 5.99. The highest BCUT2D eigenvalue weighted by Gasteiger charge is 2.30. The molecule has 7 heteroatoms. The second-order valence-electron chi connectivity index (χ2n) is 7.95. The Bertz CT molecular complexity index is 974. The fraction of sp³-hybridized carbons (Fsp3) is 0.391. The molecule has 0 bridgehead atoms. The van der Waals surface area contributed by atoms with Gasteiger partial charge in [0.25, 0.3) is 5.91 Å². The van der Waals surface area contributed by atoms with Crippen LogP contribution in [0.15, 0.2) is 42.6 Å². The van der Waals surface area contributed by atoms with E-state index in [1.165, 1.54) is 0 Å². The van der Waals surface area contributed by atoms with Gasteiger partial charge in [-0.3, -0.25) is 14.4 Å². The number of hydrogen-bond donors (Lipinski definition) is 1. The minimum atomic E-state index is -0.271. The Hall–Kier alpha value is -3.22. The lowest BCUT2D eigenvalue weighted by molar-refractivity contribution is -0.121. The zero-order valence-electron chi connectivity index (χ0n) is 17.1. The Morgan fingerprint density at radius 1 is 1.13 bits per heavy atom. The third-order valence-corrected chi connectivity index (χ3v) is 5.81. The zero-order valence-corrected chi connectivity index (χ0v) is 17.1. The standard InChI is InChI=1S/C23H26N4O3/c1-16-6-3-11-24-21(16)25-22(29)18-8-4-12-26(15-18)23(30)17-7-2-9-19(14-17)27-13-5-10-20(27)28/h2-3,6-7,9,11,14,18H,4-5,8,10,12-13,15H2,1H3,(H,24,25,29). The van der Waals surface area contributed by atoms with Crippen LogP contribution in [0.5, 0.6) is 0 Å². The van der Waals surface area contributed by atoms with Crippen LogP contribution in [0, 0.1) is 12.8 Å². The number of piperidine rings is 1. The largest absolute Gasteiger partial charge is 0.338 e. The van der Waals surface area contributed by atoms with Crippen LogP contribution in [0.1, 0.15) is 41.6 Å². The van der Waals surface area contributed by atoms with Gasteiger partial charge in [-0.15, -0.1) is 0 Å². The van der Waals surface area contributed by atoms with Crippen molar-refractivity contribution in [3.63, 3.8) is 0 Å². The van der Waals surface area contributed by atoms with Crippen molar-refractivity contribution in [3.05, 3.63) is 53.7 Å². The molecule has 3 amide bonds. The lowest BCUT2D eigenvalue weighted by Gasteiger charge is -2.32. The number of benzene rings is 1. The van der Waals surface area contributed by atoms with E-state index in [1.54, 1.807) is 28.1 Å². The van der Waals surface area contributed by atoms with Crippen molar-refractivity contribution in [1.29, 1.82) is 0 Å². The molecule has 0 radical (unpaired) electrons. The number of hydrogen-bond acceptors (Lipinski definition) is 4. The number of rotatable bonds is 4. The average molecular weight is 406 g/mol. The Balaban J connectivity index is 1.44. The molecular formula is C23H26N4O3. The molecule has 0 aliphatic carbocycles. The van der Waals surface area contributed by atoms with Gasteiger partial charge in [-0.25, -0.2) is 4.98 Å². The van der Waals surface area contributed by atoms with Crippen LogP contribution in [0.2, 0.25) is 0 Å². The number of likely N-dealkylation sites (tertiary alicyclic amines) is 1. The summed E-state index contributed by atoms with van der Waals surface area (Å²) in [6.45, 7) is 3.59. The van der Waals surface area contributed by atoms with E-state index in [0.29, 0.717) is 37.4 Å². The minimum absolute atomic E-state index is 0.0964. The summed E-state index contributed by atoms with van der Waals surface area (Å²) in [6.07, 6.45) is 4.56. The second-order valence-corrected chi connectivity index (χ2v) is 7.95. The number of nitrogens with one attached hydrogen (secondary N) is 1. The monoisotopic (exact) mass is 406 g/mol. The molecule has 0 saturated carbocycles. The third kappa shape index (κ3) is 4.20. The highest BCUT2D eigenvalue weighted by atomic mass is 16.2. The van der Waals surface area contributed by atoms with Crippen LogP contribution in [-0.2, 0) is 9.59 Å². The molecule has 1 aromatic heterocycles. The first kappa shape index (κ1) is 20.1. The van der Waals surface area contributed by atoms with E-state index < -0.39 is 0 Å². The summed E-state index contributed by atoms with van der Waals surface area (Å²) in [6, 6.07) is 11.0. The average Bonchev–Trinajstić information content (AvgIpc) is 3.21. The van der Waals surface area contributed by atoms with E-state index in [-0.39, 0.29) is 23.6 Å². The molecule has 1 N–H and O–H groups in total. The molecule has 30 heavy (non-hydrogen) atoms. The van der Waals surface area contributed by atoms with Gasteiger partial charge in [-0.2, -0.15) is 0 Å². The van der Waals surface area contributed by atoms with Gasteiger partial charge in [-0.05, 0) is 56.0 Å². The van der Waals surface area contributed by atoms with Crippen molar-refractivity contribution in [2.75, 3.05) is 29.9 Å². The summed E-state index contributed by atoms with van der Waals surface area (Å²) >= 11 is 0. The van der Waals surface area contributed by atoms with Crippen LogP contribution < -0.4 is 10.2 Å². The van der Waals surface area contributed by atoms with E-state index in [2.05, 4.69) is 10.3 Å². The van der Waals surface area contributed by atoms with Gasteiger partial charge in [0.2, 0.25) is 11.8 Å². The number of carbonyl (C=O) groups excluding carboxylic acids is 3. The van der Waals surface area contributed by atoms with E-state index in [1.807, 2.05) is 31.2 Å². The molecule has 3 heterocycles. The molecule has 2 aromatic rings. The van der Waals surface area contributed by atoms with E-state index >= 15 is 0 Å². The smallest absolute Gasteiger partial charge is 0.253 e. The molecule has 1 atom stereocenters. The van der Waals surface area contributed by atoms with Crippen molar-refractivity contribution in [3.8, 4) is 0 Å². The van der Waals surface area contributed by atoms with E-state index in [9.17, 15) is 14.4 Å². The van der Waals surface area contributed by atoms with Crippen molar-refractivity contribution in [1.82, 2.24) is 9.88 Å². The van der Waals surface area contributed by atoms with E-state index in [0.717, 1.165) is 30.5 Å². The molecule has 2 saturated heterocycles. The molecule has 7 nitrogen and oxygen atoms in total. The maximum absolute atomic E-state index is 13.1. The van der Waals surface area contributed by atoms with Gasteiger partial charge in [0, 0.05) is 43.5 Å². The van der Waals surface area contributed by atoms with Crippen LogP contribution >= 0.6 is 0 Å². The molecule has 4 rings (SSSR count). The number of anilines is 2. The first-order valence-electron chi connectivity index (χ1n) is 10.4. The first-order valence-corrected chi connectivity index (χ1v) is 10.4. The number of aromatic nitrogens is 1. The maximum atomic E-state index is 13.1. The van der Waals surface area contributed by atoms with Gasteiger partial charge in [0.15, 0.2) is 0 Å². The Morgan fingerprint density at radius 3 is 2.77 bits per heavy atom. The van der Waals surface area contributed by atoms with Crippen molar-refractivity contribution in [2.24, 2.45) is 5.92 Å². The molecule has 2 aliphatic heterocycles. The summed E-state index contributed by atoms with van der Waals surface area (Å²) in [5, 5.41) is 2.90. The Kier molecular flexibility index (Phi) is 5.79. The topological polar surface area (TPSA) is 82.6 Å². The minimum Gasteiger partial charge on any atom is -0.338 e. The number of amides is 3. The number of pyridine rings is 1. The van der Waals surface area contributed by atoms with Crippen LogP contribution in [0.3, 0.4) is 0 Å². The van der Waals surface area contributed by atoms with Gasteiger partial charge < -0.3 is 15.1 Å². The Labute approximate surface area is 176 Å². The molecule has 156 valence electrons. The Morgan fingerprint density at radius 2 is 2.00 bits per heavy atom. The van der Waals surface area contributed by atoms with Gasteiger partial charge in [0.1, 0.15) is 5.82 Å². The maximum Gasteiger partial charge on any atom is 0.253 e. The SMILES string of the molecule is Cc1cccnc1NC(=O)C1CCCN(C(=O)c2cccc(N3CCCC3=O)c2)C1. The fourth-order valence-electron chi connectivity index (χ4n) is 4.12. The number of nitrogens with zero attached hydrogens (tertiary/aromatic N) is 3. The van der Waals surface area contributed by atoms with Crippen molar-refractivity contribution in [2.45, 2.75) is 32.6 Å². The van der Waals surface area contributed by atoms with Crippen molar-refractivity contribution >= 4 is 29.2 Å². The predicted octanol–water partition coefficient (Wildman–Crippen LogP) is 3.01. The lowest BCUT2D eigenvalue weighted by Crippen LogP contribution is -2.44. The highest BCUT2D eigenvalue weighted by Crippen LogP contribution is 2.25. The van der Waals surface area contributed by atoms with Crippen molar-refractivity contribution < 1.29 is 14.4 Å². The van der Waals surface area contributed by atoms with Crippen LogP contribution in [0.25, 0.3) is 0 Å².